The number of benzene rings is 2. The van der Waals surface area contributed by atoms with Crippen molar-refractivity contribution in [1.29, 1.82) is 0 Å². The van der Waals surface area contributed by atoms with E-state index in [1.165, 1.54) is 20.5 Å². The Balaban J connectivity index is 1.81. The minimum absolute atomic E-state index is 0.258. The van der Waals surface area contributed by atoms with Crippen molar-refractivity contribution in [2.45, 2.75) is 19.9 Å². The normalized spacial score (nSPS) is 15.2. The highest BCUT2D eigenvalue weighted by atomic mass is 35.5. The number of rotatable bonds is 5. The van der Waals surface area contributed by atoms with Crippen LogP contribution in [-0.4, -0.2) is 34.9 Å². The van der Waals surface area contributed by atoms with Crippen LogP contribution in [0.15, 0.2) is 54.0 Å². The minimum Gasteiger partial charge on any atom is -0.493 e. The Kier molecular flexibility index (Phi) is 5.56. The average Bonchev–Trinajstić information content (AvgIpc) is 3.21. The first-order chi connectivity index (χ1) is 14.9. The number of carbonyl (C=O) groups is 1. The number of carbonyl (C=O) groups excluding carboxylic acids is 1. The largest absolute Gasteiger partial charge is 0.493 e. The van der Waals surface area contributed by atoms with Gasteiger partial charge in [-0.1, -0.05) is 29.3 Å². The standard InChI is InChI=1S/C22H22ClN5O3/c1-12-5-7-15(8-6-12)27-21(29)18-13(2)26-22-24-11-25-28(22)19(18)14-9-16(23)20(31-4)17(10-14)30-3/h5-11,19H,1-4H3,(H,27,29)(H,24,25,26). The SMILES string of the molecule is COc1cc(C2C(C(=O)Nc3ccc(C)cc3)=C(C)Nc3ncnn32)cc(Cl)c1OC. The van der Waals surface area contributed by atoms with E-state index in [0.29, 0.717) is 45.0 Å². The van der Waals surface area contributed by atoms with E-state index in [4.69, 9.17) is 21.1 Å². The molecule has 0 saturated heterocycles. The lowest BCUT2D eigenvalue weighted by molar-refractivity contribution is -0.113. The van der Waals surface area contributed by atoms with E-state index >= 15 is 0 Å². The number of anilines is 2. The topological polar surface area (TPSA) is 90.3 Å². The number of ether oxygens (including phenoxy) is 2. The van der Waals surface area contributed by atoms with Crippen molar-refractivity contribution in [2.24, 2.45) is 0 Å². The highest BCUT2D eigenvalue weighted by Crippen LogP contribution is 2.42. The molecule has 2 aromatic carbocycles. The summed E-state index contributed by atoms with van der Waals surface area (Å²) in [5.74, 6) is 1.15. The number of hydrogen-bond acceptors (Lipinski definition) is 6. The van der Waals surface area contributed by atoms with Crippen LogP contribution >= 0.6 is 11.6 Å². The molecular weight excluding hydrogens is 418 g/mol. The number of halogens is 1. The zero-order valence-electron chi connectivity index (χ0n) is 17.6. The van der Waals surface area contributed by atoms with Gasteiger partial charge in [0.1, 0.15) is 12.4 Å². The van der Waals surface area contributed by atoms with E-state index in [0.717, 1.165) is 5.56 Å². The summed E-state index contributed by atoms with van der Waals surface area (Å²) >= 11 is 6.46. The fourth-order valence-corrected chi connectivity index (χ4v) is 3.92. The van der Waals surface area contributed by atoms with E-state index < -0.39 is 6.04 Å². The van der Waals surface area contributed by atoms with Crippen LogP contribution in [0.1, 0.15) is 24.1 Å². The number of amides is 1. The molecule has 0 radical (unpaired) electrons. The number of fused-ring (bicyclic) bond motifs is 1. The van der Waals surface area contributed by atoms with Crippen molar-refractivity contribution in [2.75, 3.05) is 24.9 Å². The van der Waals surface area contributed by atoms with Crippen LogP contribution in [0.25, 0.3) is 0 Å². The summed E-state index contributed by atoms with van der Waals surface area (Å²) < 4.78 is 12.5. The number of methoxy groups -OCH3 is 2. The molecule has 1 amide bonds. The van der Waals surface area contributed by atoms with E-state index in [1.54, 1.807) is 16.8 Å². The van der Waals surface area contributed by atoms with Gasteiger partial charge in [-0.25, -0.2) is 4.68 Å². The molecule has 1 aromatic heterocycles. The van der Waals surface area contributed by atoms with Gasteiger partial charge < -0.3 is 20.1 Å². The Labute approximate surface area is 184 Å². The van der Waals surface area contributed by atoms with Crippen molar-refractivity contribution >= 4 is 29.1 Å². The first kappa shape index (κ1) is 20.7. The maximum atomic E-state index is 13.4. The van der Waals surface area contributed by atoms with Crippen molar-refractivity contribution in [3.63, 3.8) is 0 Å². The maximum Gasteiger partial charge on any atom is 0.255 e. The quantitative estimate of drug-likeness (QED) is 0.619. The Morgan fingerprint density at radius 2 is 1.90 bits per heavy atom. The molecule has 31 heavy (non-hydrogen) atoms. The van der Waals surface area contributed by atoms with Gasteiger partial charge in [-0.05, 0) is 43.7 Å². The molecular formula is C22H22ClN5O3. The number of nitrogens with zero attached hydrogens (tertiary/aromatic N) is 3. The van der Waals surface area contributed by atoms with E-state index in [2.05, 4.69) is 20.7 Å². The van der Waals surface area contributed by atoms with Crippen LogP contribution in [0.2, 0.25) is 5.02 Å². The second-order valence-corrected chi connectivity index (χ2v) is 7.56. The number of nitrogens with one attached hydrogen (secondary N) is 2. The fraction of sp³-hybridized carbons (Fsp3) is 0.227. The van der Waals surface area contributed by atoms with Crippen LogP contribution in [0, 0.1) is 6.92 Å². The van der Waals surface area contributed by atoms with Gasteiger partial charge in [-0.15, -0.1) is 0 Å². The highest BCUT2D eigenvalue weighted by molar-refractivity contribution is 6.32. The molecule has 0 aliphatic carbocycles. The first-order valence-electron chi connectivity index (χ1n) is 9.59. The molecule has 3 aromatic rings. The van der Waals surface area contributed by atoms with Gasteiger partial charge in [-0.2, -0.15) is 10.1 Å². The third kappa shape index (κ3) is 3.82. The molecule has 8 nitrogen and oxygen atoms in total. The van der Waals surface area contributed by atoms with Crippen molar-refractivity contribution in [3.8, 4) is 11.5 Å². The summed E-state index contributed by atoms with van der Waals surface area (Å²) in [7, 11) is 3.06. The lowest BCUT2D eigenvalue weighted by atomic mass is 9.94. The lowest BCUT2D eigenvalue weighted by Gasteiger charge is -2.29. The first-order valence-corrected chi connectivity index (χ1v) is 9.97. The molecule has 1 unspecified atom stereocenters. The molecule has 0 saturated carbocycles. The molecule has 1 aliphatic rings. The van der Waals surface area contributed by atoms with Gasteiger partial charge in [0, 0.05) is 11.4 Å². The molecule has 0 fully saturated rings. The second kappa shape index (κ2) is 8.31. The Bertz CT molecular complexity index is 1170. The summed E-state index contributed by atoms with van der Waals surface area (Å²) in [5, 5.41) is 10.8. The second-order valence-electron chi connectivity index (χ2n) is 7.15. The molecule has 0 bridgehead atoms. The zero-order valence-corrected chi connectivity index (χ0v) is 18.3. The predicted molar refractivity (Wildman–Crippen MR) is 119 cm³/mol. The van der Waals surface area contributed by atoms with Crippen LogP contribution in [0.5, 0.6) is 11.5 Å². The van der Waals surface area contributed by atoms with Crippen LogP contribution in [-0.2, 0) is 4.79 Å². The van der Waals surface area contributed by atoms with Gasteiger partial charge in [0.25, 0.3) is 5.91 Å². The summed E-state index contributed by atoms with van der Waals surface area (Å²) in [6.45, 7) is 3.82. The minimum atomic E-state index is -0.568. The lowest BCUT2D eigenvalue weighted by Crippen LogP contribution is -2.31. The maximum absolute atomic E-state index is 13.4. The Morgan fingerprint density at radius 3 is 2.58 bits per heavy atom. The molecule has 1 aliphatic heterocycles. The van der Waals surface area contributed by atoms with Gasteiger partial charge >= 0.3 is 0 Å². The smallest absolute Gasteiger partial charge is 0.255 e. The van der Waals surface area contributed by atoms with Crippen LogP contribution < -0.4 is 20.1 Å². The third-order valence-electron chi connectivity index (χ3n) is 5.12. The van der Waals surface area contributed by atoms with E-state index in [9.17, 15) is 4.79 Å². The fourth-order valence-electron chi connectivity index (χ4n) is 3.62. The molecule has 9 heteroatoms. The number of aryl methyl sites for hydroxylation is 1. The number of hydrogen-bond donors (Lipinski definition) is 2. The van der Waals surface area contributed by atoms with Crippen molar-refractivity contribution in [3.05, 3.63) is 70.1 Å². The van der Waals surface area contributed by atoms with Crippen molar-refractivity contribution < 1.29 is 14.3 Å². The predicted octanol–water partition coefficient (Wildman–Crippen LogP) is 4.18. The highest BCUT2D eigenvalue weighted by Gasteiger charge is 2.34. The monoisotopic (exact) mass is 439 g/mol. The summed E-state index contributed by atoms with van der Waals surface area (Å²) in [5.41, 5.74) is 3.68. The van der Waals surface area contributed by atoms with Gasteiger partial charge in [0.15, 0.2) is 11.5 Å². The Morgan fingerprint density at radius 1 is 1.16 bits per heavy atom. The number of allylic oxidation sites excluding steroid dienone is 1. The van der Waals surface area contributed by atoms with Gasteiger partial charge in [0.05, 0.1) is 24.8 Å². The summed E-state index contributed by atoms with van der Waals surface area (Å²) in [6.07, 6.45) is 1.44. The average molecular weight is 440 g/mol. The third-order valence-corrected chi connectivity index (χ3v) is 5.40. The molecule has 1 atom stereocenters. The van der Waals surface area contributed by atoms with Crippen LogP contribution in [0.3, 0.4) is 0 Å². The summed E-state index contributed by atoms with van der Waals surface area (Å²) in [4.78, 5) is 17.6. The van der Waals surface area contributed by atoms with Gasteiger partial charge in [0.2, 0.25) is 5.95 Å². The van der Waals surface area contributed by atoms with Gasteiger partial charge in [-0.3, -0.25) is 4.79 Å². The van der Waals surface area contributed by atoms with Crippen LogP contribution in [0.4, 0.5) is 11.6 Å². The molecule has 0 spiro atoms. The summed E-state index contributed by atoms with van der Waals surface area (Å²) in [6, 6.07) is 10.6. The Hall–Kier alpha value is -3.52. The molecule has 160 valence electrons. The van der Waals surface area contributed by atoms with Crippen molar-refractivity contribution in [1.82, 2.24) is 14.8 Å². The molecule has 4 rings (SSSR count). The van der Waals surface area contributed by atoms with E-state index in [1.807, 2.05) is 38.1 Å². The van der Waals surface area contributed by atoms with E-state index in [-0.39, 0.29) is 5.91 Å². The molecule has 2 N–H and O–H groups in total. The number of aromatic nitrogens is 3. The zero-order chi connectivity index (χ0) is 22.1. The molecule has 2 heterocycles.